The standard InChI is InChI=1S/C17H17Cl2N3O3/c1-25-10-16(23)21-13-4-6-14(7-5-13)22-17(24)20-9-11-2-3-12(18)8-15(11)19/h2-8H,9-10H2,1H3,(H,21,23)(H2,20,22,24). The smallest absolute Gasteiger partial charge is 0.319 e. The maximum atomic E-state index is 11.9. The molecule has 2 rings (SSSR count). The van der Waals surface area contributed by atoms with E-state index in [0.29, 0.717) is 21.4 Å². The van der Waals surface area contributed by atoms with Gasteiger partial charge in [-0.15, -0.1) is 0 Å². The zero-order chi connectivity index (χ0) is 18.2. The highest BCUT2D eigenvalue weighted by Gasteiger charge is 2.06. The van der Waals surface area contributed by atoms with Crippen molar-refractivity contribution in [2.75, 3.05) is 24.4 Å². The number of amides is 3. The molecule has 3 amide bonds. The van der Waals surface area contributed by atoms with Crippen molar-refractivity contribution in [3.05, 3.63) is 58.1 Å². The fraction of sp³-hybridized carbons (Fsp3) is 0.176. The average Bonchev–Trinajstić information content (AvgIpc) is 2.56. The molecule has 0 spiro atoms. The van der Waals surface area contributed by atoms with Crippen LogP contribution in [0.3, 0.4) is 0 Å². The Hall–Kier alpha value is -2.28. The van der Waals surface area contributed by atoms with Gasteiger partial charge in [-0.2, -0.15) is 0 Å². The third kappa shape index (κ3) is 6.26. The van der Waals surface area contributed by atoms with Crippen LogP contribution in [-0.4, -0.2) is 25.7 Å². The largest absolute Gasteiger partial charge is 0.375 e. The summed E-state index contributed by atoms with van der Waals surface area (Å²) >= 11 is 11.9. The van der Waals surface area contributed by atoms with Crippen molar-refractivity contribution in [1.82, 2.24) is 5.32 Å². The normalized spacial score (nSPS) is 10.2. The average molecular weight is 382 g/mol. The lowest BCUT2D eigenvalue weighted by atomic mass is 10.2. The first-order chi connectivity index (χ1) is 12.0. The summed E-state index contributed by atoms with van der Waals surface area (Å²) in [6.07, 6.45) is 0. The maximum Gasteiger partial charge on any atom is 0.319 e. The summed E-state index contributed by atoms with van der Waals surface area (Å²) in [6.45, 7) is 0.253. The van der Waals surface area contributed by atoms with Gasteiger partial charge in [-0.3, -0.25) is 4.79 Å². The Morgan fingerprint density at radius 2 is 1.64 bits per heavy atom. The van der Waals surface area contributed by atoms with Crippen molar-refractivity contribution in [3.63, 3.8) is 0 Å². The minimum Gasteiger partial charge on any atom is -0.375 e. The Morgan fingerprint density at radius 3 is 2.24 bits per heavy atom. The number of halogens is 2. The van der Waals surface area contributed by atoms with Crippen LogP contribution in [0.4, 0.5) is 16.2 Å². The number of carbonyl (C=O) groups is 2. The van der Waals surface area contributed by atoms with Crippen LogP contribution in [-0.2, 0) is 16.1 Å². The number of rotatable bonds is 6. The van der Waals surface area contributed by atoms with Gasteiger partial charge in [0.25, 0.3) is 0 Å². The van der Waals surface area contributed by atoms with Gasteiger partial charge in [0.05, 0.1) is 0 Å². The zero-order valence-corrected chi connectivity index (χ0v) is 14.9. The quantitative estimate of drug-likeness (QED) is 0.709. The number of ether oxygens (including phenoxy) is 1. The molecule has 0 heterocycles. The lowest BCUT2D eigenvalue weighted by molar-refractivity contribution is -0.119. The number of hydrogen-bond donors (Lipinski definition) is 3. The van der Waals surface area contributed by atoms with E-state index in [4.69, 9.17) is 27.9 Å². The molecule has 2 aromatic carbocycles. The van der Waals surface area contributed by atoms with E-state index in [2.05, 4.69) is 16.0 Å². The predicted molar refractivity (Wildman–Crippen MR) is 99.3 cm³/mol. The van der Waals surface area contributed by atoms with E-state index in [1.165, 1.54) is 7.11 Å². The van der Waals surface area contributed by atoms with Gasteiger partial charge < -0.3 is 20.7 Å². The van der Waals surface area contributed by atoms with Gasteiger partial charge >= 0.3 is 6.03 Å². The molecule has 0 saturated heterocycles. The van der Waals surface area contributed by atoms with E-state index >= 15 is 0 Å². The van der Waals surface area contributed by atoms with Crippen LogP contribution in [0.2, 0.25) is 10.0 Å². The van der Waals surface area contributed by atoms with Crippen LogP contribution in [0, 0.1) is 0 Å². The van der Waals surface area contributed by atoms with Crippen LogP contribution < -0.4 is 16.0 Å². The van der Waals surface area contributed by atoms with Crippen LogP contribution in [0.5, 0.6) is 0 Å². The lowest BCUT2D eigenvalue weighted by Gasteiger charge is -2.10. The van der Waals surface area contributed by atoms with E-state index in [1.807, 2.05) is 0 Å². The monoisotopic (exact) mass is 381 g/mol. The second-order valence-electron chi connectivity index (χ2n) is 5.10. The zero-order valence-electron chi connectivity index (χ0n) is 13.4. The molecule has 0 aliphatic rings. The third-order valence-electron chi connectivity index (χ3n) is 3.16. The molecule has 0 radical (unpaired) electrons. The second kappa shape index (κ2) is 9.27. The van der Waals surface area contributed by atoms with Gasteiger partial charge in [0, 0.05) is 35.1 Å². The second-order valence-corrected chi connectivity index (χ2v) is 5.95. The van der Waals surface area contributed by atoms with Crippen molar-refractivity contribution in [1.29, 1.82) is 0 Å². The van der Waals surface area contributed by atoms with Crippen LogP contribution in [0.25, 0.3) is 0 Å². The van der Waals surface area contributed by atoms with Crippen molar-refractivity contribution in [3.8, 4) is 0 Å². The van der Waals surface area contributed by atoms with Crippen LogP contribution in [0.1, 0.15) is 5.56 Å². The molecule has 0 fully saturated rings. The first-order valence-electron chi connectivity index (χ1n) is 7.35. The Labute approximate surface area is 155 Å². The summed E-state index contributed by atoms with van der Waals surface area (Å²) in [5.74, 6) is -0.249. The van der Waals surface area contributed by atoms with E-state index < -0.39 is 0 Å². The molecule has 0 aliphatic heterocycles. The number of nitrogens with one attached hydrogen (secondary N) is 3. The number of hydrogen-bond acceptors (Lipinski definition) is 3. The summed E-state index contributed by atoms with van der Waals surface area (Å²) in [5, 5.41) is 9.09. The molecule has 8 heteroatoms. The molecule has 3 N–H and O–H groups in total. The molecule has 0 bridgehead atoms. The molecule has 0 saturated carbocycles. The molecule has 132 valence electrons. The molecular weight excluding hydrogens is 365 g/mol. The minimum atomic E-state index is -0.373. The van der Waals surface area contributed by atoms with Gasteiger partial charge in [0.2, 0.25) is 5.91 Å². The lowest BCUT2D eigenvalue weighted by Crippen LogP contribution is -2.28. The molecule has 0 aliphatic carbocycles. The van der Waals surface area contributed by atoms with E-state index in [1.54, 1.807) is 42.5 Å². The van der Waals surface area contributed by atoms with E-state index in [0.717, 1.165) is 5.56 Å². The van der Waals surface area contributed by atoms with Crippen molar-refractivity contribution < 1.29 is 14.3 Å². The third-order valence-corrected chi connectivity index (χ3v) is 3.74. The molecule has 0 atom stereocenters. The van der Waals surface area contributed by atoms with Crippen molar-refractivity contribution in [2.45, 2.75) is 6.54 Å². The molecule has 0 unspecified atom stereocenters. The summed E-state index contributed by atoms with van der Waals surface area (Å²) in [5.41, 5.74) is 1.96. The Morgan fingerprint density at radius 1 is 1.00 bits per heavy atom. The highest BCUT2D eigenvalue weighted by molar-refractivity contribution is 6.35. The fourth-order valence-electron chi connectivity index (χ4n) is 1.98. The number of carbonyl (C=O) groups excluding carboxylic acids is 2. The molecule has 2 aromatic rings. The van der Waals surface area contributed by atoms with Crippen LogP contribution >= 0.6 is 23.2 Å². The number of benzene rings is 2. The first kappa shape index (κ1) is 19.1. The molecular formula is C17H17Cl2N3O3. The molecule has 6 nitrogen and oxygen atoms in total. The minimum absolute atomic E-state index is 0.0182. The molecule has 25 heavy (non-hydrogen) atoms. The van der Waals surface area contributed by atoms with E-state index in [9.17, 15) is 9.59 Å². The SMILES string of the molecule is COCC(=O)Nc1ccc(NC(=O)NCc2ccc(Cl)cc2Cl)cc1. The topological polar surface area (TPSA) is 79.5 Å². The van der Waals surface area contributed by atoms with Crippen LogP contribution in [0.15, 0.2) is 42.5 Å². The highest BCUT2D eigenvalue weighted by atomic mass is 35.5. The van der Waals surface area contributed by atoms with Crippen molar-refractivity contribution in [2.24, 2.45) is 0 Å². The van der Waals surface area contributed by atoms with Gasteiger partial charge in [-0.25, -0.2) is 4.79 Å². The Balaban J connectivity index is 1.84. The predicted octanol–water partition coefficient (Wildman–Crippen LogP) is 3.90. The van der Waals surface area contributed by atoms with E-state index in [-0.39, 0.29) is 25.1 Å². The maximum absolute atomic E-state index is 11.9. The number of methoxy groups -OCH3 is 1. The summed E-state index contributed by atoms with van der Waals surface area (Å²) in [7, 11) is 1.45. The highest BCUT2D eigenvalue weighted by Crippen LogP contribution is 2.20. The van der Waals surface area contributed by atoms with Gasteiger partial charge in [0.1, 0.15) is 6.61 Å². The summed E-state index contributed by atoms with van der Waals surface area (Å²) < 4.78 is 4.74. The number of anilines is 2. The van der Waals surface area contributed by atoms with Crippen molar-refractivity contribution >= 4 is 46.5 Å². The molecule has 0 aromatic heterocycles. The number of urea groups is 1. The summed E-state index contributed by atoms with van der Waals surface area (Å²) in [6, 6.07) is 11.4. The van der Waals surface area contributed by atoms with Gasteiger partial charge in [-0.1, -0.05) is 29.3 Å². The van der Waals surface area contributed by atoms with Gasteiger partial charge in [-0.05, 0) is 42.0 Å². The summed E-state index contributed by atoms with van der Waals surface area (Å²) in [4.78, 5) is 23.3. The fourth-order valence-corrected chi connectivity index (χ4v) is 2.46. The van der Waals surface area contributed by atoms with Gasteiger partial charge in [0.15, 0.2) is 0 Å². The Bertz CT molecular complexity index is 751. The Kier molecular flexibility index (Phi) is 7.06. The first-order valence-corrected chi connectivity index (χ1v) is 8.11.